The summed E-state index contributed by atoms with van der Waals surface area (Å²) in [6, 6.07) is 19.4. The Bertz CT molecular complexity index is 2790. The number of carbonyl (C=O) groups excluding carboxylic acids is 2. The van der Waals surface area contributed by atoms with Gasteiger partial charge in [-0.3, -0.25) is 9.80 Å². The van der Waals surface area contributed by atoms with Crippen LogP contribution in [0.1, 0.15) is 47.3 Å². The van der Waals surface area contributed by atoms with E-state index in [1.165, 1.54) is 24.3 Å². The molecule has 2 fully saturated rings. The molecule has 0 bridgehead atoms. The Balaban J connectivity index is 0.576. The molecule has 28 heteroatoms. The van der Waals surface area contributed by atoms with Crippen molar-refractivity contribution in [3.8, 4) is 11.5 Å². The molecule has 2 saturated heterocycles. The van der Waals surface area contributed by atoms with Crippen LogP contribution in [0.2, 0.25) is 20.1 Å². The quantitative estimate of drug-likeness (QED) is 0.0295. The minimum Gasteiger partial charge on any atom is -0.484 e. The molecule has 4 atom stereocenters. The van der Waals surface area contributed by atoms with E-state index in [0.29, 0.717) is 57.5 Å². The smallest absolute Gasteiger partial charge is 0.314 e. The summed E-state index contributed by atoms with van der Waals surface area (Å²) in [6.07, 6.45) is 2.12. The highest BCUT2D eigenvalue weighted by molar-refractivity contribution is 7.89. The molecule has 0 spiro atoms. The van der Waals surface area contributed by atoms with Gasteiger partial charge in [-0.1, -0.05) is 46.4 Å². The van der Waals surface area contributed by atoms with E-state index in [4.69, 9.17) is 74.8 Å². The first-order chi connectivity index (χ1) is 40.6. The Labute approximate surface area is 512 Å². The van der Waals surface area contributed by atoms with Crippen molar-refractivity contribution in [3.63, 3.8) is 0 Å². The van der Waals surface area contributed by atoms with Crippen molar-refractivity contribution in [2.24, 2.45) is 0 Å². The van der Waals surface area contributed by atoms with Crippen molar-refractivity contribution in [2.75, 3.05) is 144 Å². The van der Waals surface area contributed by atoms with Crippen LogP contribution in [-0.4, -0.2) is 195 Å². The summed E-state index contributed by atoms with van der Waals surface area (Å²) < 4.78 is 92.3. The lowest BCUT2D eigenvalue weighted by Crippen LogP contribution is -2.50. The van der Waals surface area contributed by atoms with Gasteiger partial charge in [0.25, 0.3) is 0 Å². The lowest BCUT2D eigenvalue weighted by molar-refractivity contribution is 0.0516. The highest BCUT2D eigenvalue weighted by Gasteiger charge is 2.41. The van der Waals surface area contributed by atoms with Crippen LogP contribution in [0.5, 0.6) is 11.5 Å². The number of hydrogen-bond donors (Lipinski definition) is 8. The number of sulfonamides is 2. The molecule has 2 aliphatic heterocycles. The van der Waals surface area contributed by atoms with Crippen molar-refractivity contribution in [1.29, 1.82) is 0 Å². The zero-order chi connectivity index (χ0) is 59.3. The second-order valence-electron chi connectivity index (χ2n) is 20.4. The van der Waals surface area contributed by atoms with Gasteiger partial charge in [-0.15, -0.1) is 0 Å². The van der Waals surface area contributed by atoms with Crippen LogP contribution < -0.4 is 50.8 Å². The van der Waals surface area contributed by atoms with E-state index < -0.39 is 20.0 Å². The summed E-state index contributed by atoms with van der Waals surface area (Å²) in [5.41, 5.74) is 3.93. The summed E-state index contributed by atoms with van der Waals surface area (Å²) in [5, 5.41) is 20.0. The first-order valence-corrected chi connectivity index (χ1v) is 32.9. The Kier molecular flexibility index (Phi) is 25.9. The number of nitrogens with zero attached hydrogens (tertiary/aromatic N) is 2. The van der Waals surface area contributed by atoms with Crippen molar-refractivity contribution < 1.29 is 54.8 Å². The molecular formula is C56H76Cl4N10O12S2. The molecule has 2 aliphatic carbocycles. The first kappa shape index (κ1) is 65.7. The number of halogens is 4. The minimum absolute atomic E-state index is 0.0613. The van der Waals surface area contributed by atoms with Crippen molar-refractivity contribution in [3.05, 3.63) is 115 Å². The second kappa shape index (κ2) is 33.1. The maximum absolute atomic E-state index is 13.0. The van der Waals surface area contributed by atoms with Gasteiger partial charge < -0.3 is 60.3 Å². The number of carbonyl (C=O) groups is 2. The van der Waals surface area contributed by atoms with Gasteiger partial charge in [-0.05, 0) is 110 Å². The predicted octanol–water partition coefficient (Wildman–Crippen LogP) is 4.90. The van der Waals surface area contributed by atoms with Gasteiger partial charge >= 0.3 is 12.1 Å². The van der Waals surface area contributed by atoms with Crippen molar-refractivity contribution in [1.82, 2.24) is 51.1 Å². The number of urea groups is 2. The third-order valence-corrected chi connectivity index (χ3v) is 18.7. The topological polar surface area (TPSA) is 261 Å². The van der Waals surface area contributed by atoms with Crippen LogP contribution >= 0.6 is 46.4 Å². The van der Waals surface area contributed by atoms with Gasteiger partial charge in [0, 0.05) is 123 Å². The highest BCUT2D eigenvalue weighted by Crippen LogP contribution is 2.44. The molecule has 4 aliphatic rings. The van der Waals surface area contributed by atoms with Gasteiger partial charge in [0.15, 0.2) is 0 Å². The third-order valence-electron chi connectivity index (χ3n) is 14.6. The zero-order valence-electron chi connectivity index (χ0n) is 46.7. The highest BCUT2D eigenvalue weighted by atomic mass is 35.5. The zero-order valence-corrected chi connectivity index (χ0v) is 51.4. The maximum Gasteiger partial charge on any atom is 0.314 e. The molecule has 0 radical (unpaired) electrons. The Hall–Kier alpha value is -4.32. The third kappa shape index (κ3) is 19.6. The number of unbranched alkanes of at least 4 members (excludes halogenated alkanes) is 1. The number of amides is 4. The average Bonchev–Trinajstić information content (AvgIpc) is 2.59. The molecule has 8 rings (SSSR count). The largest absolute Gasteiger partial charge is 0.484 e. The molecule has 1 unspecified atom stereocenters. The summed E-state index contributed by atoms with van der Waals surface area (Å²) in [4.78, 5) is 29.3. The number of rotatable bonds is 33. The summed E-state index contributed by atoms with van der Waals surface area (Å²) in [6.45, 7) is 10.4. The molecule has 0 aromatic heterocycles. The van der Waals surface area contributed by atoms with Crippen molar-refractivity contribution in [2.45, 2.75) is 59.8 Å². The fourth-order valence-electron chi connectivity index (χ4n) is 10.4. The van der Waals surface area contributed by atoms with Crippen LogP contribution in [0.3, 0.4) is 0 Å². The molecule has 8 N–H and O–H groups in total. The number of fused-ring (bicyclic) bond motifs is 2. The maximum atomic E-state index is 13.0. The number of hydrogen-bond acceptors (Lipinski definition) is 16. The number of ether oxygens (including phenoxy) is 6. The van der Waals surface area contributed by atoms with E-state index >= 15 is 0 Å². The van der Waals surface area contributed by atoms with Gasteiger partial charge in [-0.2, -0.15) is 0 Å². The molecule has 2 heterocycles. The van der Waals surface area contributed by atoms with E-state index in [-0.39, 0.29) is 125 Å². The molecular weight excluding hydrogens is 1210 g/mol. The second-order valence-corrected chi connectivity index (χ2v) is 25.6. The number of piperazine rings is 2. The van der Waals surface area contributed by atoms with Gasteiger partial charge in [0.1, 0.15) is 23.7 Å². The summed E-state index contributed by atoms with van der Waals surface area (Å²) >= 11 is 26.0. The molecule has 4 aromatic carbocycles. The lowest BCUT2D eigenvalue weighted by Gasteiger charge is -2.36. The van der Waals surface area contributed by atoms with E-state index in [1.54, 1.807) is 36.4 Å². The van der Waals surface area contributed by atoms with Crippen LogP contribution in [0.4, 0.5) is 9.59 Å². The molecule has 22 nitrogen and oxygen atoms in total. The van der Waals surface area contributed by atoms with E-state index in [1.807, 2.05) is 12.1 Å². The van der Waals surface area contributed by atoms with Gasteiger partial charge in [-0.25, -0.2) is 35.9 Å². The molecule has 0 saturated carbocycles. The molecule has 4 aromatic rings. The predicted molar refractivity (Wildman–Crippen MR) is 322 cm³/mol. The fourth-order valence-corrected chi connectivity index (χ4v) is 13.6. The standard InChI is InChI=1S/C56H76Cl4N10O12S2/c57-39-33-47-45(49(59)35-39)37-51(69-21-13-61-14-22-69)53(47)81-41-3-7-43(8-4-41)83(73,74)67-19-27-79-31-29-77-25-17-65-55(71)63-11-1-2-12-64-56(72)66-18-26-78-30-32-80-28-20-68-84(75,76)44-9-5-42(6-10-44)82-54-48-34-40(58)36-50(60)46(48)38-52(54)70-23-15-62-16-24-70/h3-10,33-36,51-54,61-62,67-68H,1-2,11-32,37-38H2,(H2,63,65,71)(H2,64,66,72)/t51-,52?,53-,54-/m0/s1. The molecule has 4 amide bonds. The Morgan fingerprint density at radius 3 is 1.19 bits per heavy atom. The molecule has 462 valence electrons. The van der Waals surface area contributed by atoms with Crippen molar-refractivity contribution >= 4 is 78.5 Å². The molecule has 84 heavy (non-hydrogen) atoms. The Morgan fingerprint density at radius 1 is 0.476 bits per heavy atom. The number of benzene rings is 4. The van der Waals surface area contributed by atoms with Crippen LogP contribution in [0.15, 0.2) is 82.6 Å². The summed E-state index contributed by atoms with van der Waals surface area (Å²) in [7, 11) is -7.60. The van der Waals surface area contributed by atoms with Gasteiger partial charge in [0.05, 0.1) is 74.7 Å². The SMILES string of the molecule is O=C(NCCCCNC(=O)NCCOCCOCCNS(=O)(=O)c1ccc(O[C@H]2c3cc(Cl)cc(Cl)c3C[C@@H]2N2CCNCC2)cc1)NCCOCCOCCNS(=O)(=O)c1ccc(O[C@H]2c3cc(Cl)cc(Cl)c3CC2N2CCNCC2)cc1. The van der Waals surface area contributed by atoms with E-state index in [0.717, 1.165) is 87.5 Å². The van der Waals surface area contributed by atoms with Crippen LogP contribution in [0, 0.1) is 0 Å². The summed E-state index contributed by atoms with van der Waals surface area (Å²) in [5.74, 6) is 1.07. The Morgan fingerprint density at radius 2 is 0.821 bits per heavy atom. The lowest BCUT2D eigenvalue weighted by atomic mass is 10.1. The fraction of sp³-hybridized carbons (Fsp3) is 0.536. The van der Waals surface area contributed by atoms with E-state index in [9.17, 15) is 26.4 Å². The van der Waals surface area contributed by atoms with E-state index in [2.05, 4.69) is 51.1 Å². The van der Waals surface area contributed by atoms with Gasteiger partial charge in [0.2, 0.25) is 20.0 Å². The normalized spacial score (nSPS) is 19.1. The van der Waals surface area contributed by atoms with Crippen LogP contribution in [0.25, 0.3) is 0 Å². The first-order valence-electron chi connectivity index (χ1n) is 28.4. The average molecular weight is 1290 g/mol. The van der Waals surface area contributed by atoms with Crippen LogP contribution in [-0.2, 0) is 51.8 Å². The minimum atomic E-state index is -3.80. The number of nitrogens with one attached hydrogen (secondary N) is 8. The monoisotopic (exact) mass is 1280 g/mol.